The Morgan fingerprint density at radius 2 is 2.07 bits per heavy atom. The Balaban J connectivity index is 2.08. The molecule has 1 aromatic rings. The molecule has 1 heterocycles. The number of carbonyl (C=O) groups is 1. The quantitative estimate of drug-likeness (QED) is 0.706. The van der Waals surface area contributed by atoms with E-state index in [0.29, 0.717) is 11.6 Å². The molecular weight excluding hydrogens is 202 g/mol. The summed E-state index contributed by atoms with van der Waals surface area (Å²) in [5.41, 5.74) is 1.01. The van der Waals surface area contributed by atoms with Crippen molar-refractivity contribution in [1.29, 1.82) is 0 Å². The monoisotopic (exact) mass is 210 g/mol. The van der Waals surface area contributed by atoms with Crippen LogP contribution >= 0.6 is 11.6 Å². The zero-order valence-corrected chi connectivity index (χ0v) is 8.20. The van der Waals surface area contributed by atoms with Crippen LogP contribution < -0.4 is 5.32 Å². The maximum absolute atomic E-state index is 10.8. The van der Waals surface area contributed by atoms with Gasteiger partial charge in [-0.15, -0.1) is 0 Å². The summed E-state index contributed by atoms with van der Waals surface area (Å²) in [4.78, 5) is 10.8. The number of morpholine rings is 1. The first-order valence-electron chi connectivity index (χ1n) is 4.33. The van der Waals surface area contributed by atoms with E-state index < -0.39 is 0 Å². The van der Waals surface area contributed by atoms with Crippen LogP contribution in [0.2, 0.25) is 5.02 Å². The minimum Gasteiger partial charge on any atom is -0.362 e. The van der Waals surface area contributed by atoms with Crippen LogP contribution in [-0.2, 0) is 9.53 Å². The zero-order chi connectivity index (χ0) is 9.97. The van der Waals surface area contributed by atoms with Gasteiger partial charge in [0.15, 0.2) is 0 Å². The molecule has 1 radical (unpaired) electrons. The molecule has 1 fully saturated rings. The van der Waals surface area contributed by atoms with Crippen LogP contribution in [0, 0.1) is 0 Å². The van der Waals surface area contributed by atoms with Crippen molar-refractivity contribution in [3.05, 3.63) is 34.9 Å². The summed E-state index contributed by atoms with van der Waals surface area (Å²) in [6.07, 6.45) is -0.107. The molecule has 73 valence electrons. The van der Waals surface area contributed by atoms with Crippen LogP contribution in [0.25, 0.3) is 0 Å². The van der Waals surface area contributed by atoms with Crippen LogP contribution in [-0.4, -0.2) is 19.1 Å². The first kappa shape index (κ1) is 9.49. The average Bonchev–Trinajstić information content (AvgIpc) is 2.21. The highest BCUT2D eigenvalue weighted by Gasteiger charge is 2.21. The molecule has 0 spiro atoms. The Morgan fingerprint density at radius 3 is 2.64 bits per heavy atom. The summed E-state index contributed by atoms with van der Waals surface area (Å²) in [7, 11) is 0. The maximum Gasteiger partial charge on any atom is 0.267 e. The van der Waals surface area contributed by atoms with Crippen LogP contribution in [0.5, 0.6) is 0 Å². The lowest BCUT2D eigenvalue weighted by Gasteiger charge is -2.21. The van der Waals surface area contributed by atoms with Crippen molar-refractivity contribution >= 4 is 17.5 Å². The van der Waals surface area contributed by atoms with E-state index >= 15 is 0 Å². The second kappa shape index (κ2) is 3.98. The molecule has 0 aromatic heterocycles. The van der Waals surface area contributed by atoms with Gasteiger partial charge in [0.1, 0.15) is 12.7 Å². The second-order valence-electron chi connectivity index (χ2n) is 3.09. The summed E-state index contributed by atoms with van der Waals surface area (Å²) in [6, 6.07) is 7.38. The Morgan fingerprint density at radius 1 is 1.36 bits per heavy atom. The standard InChI is InChI=1S/C10H9ClNO2/c11-8-3-1-7(2-4-8)9-5-12-10(13)6-14-9/h1-4,9H,5-6H2/t9-/m1/s1. The van der Waals surface area contributed by atoms with Crippen molar-refractivity contribution in [2.45, 2.75) is 6.10 Å². The fourth-order valence-electron chi connectivity index (χ4n) is 1.33. The summed E-state index contributed by atoms with van der Waals surface area (Å²) in [5, 5.41) is 4.51. The number of hydrogen-bond donors (Lipinski definition) is 0. The second-order valence-corrected chi connectivity index (χ2v) is 3.52. The molecule has 14 heavy (non-hydrogen) atoms. The highest BCUT2D eigenvalue weighted by Crippen LogP contribution is 2.21. The van der Waals surface area contributed by atoms with Gasteiger partial charge in [0.25, 0.3) is 5.91 Å². The van der Waals surface area contributed by atoms with E-state index in [2.05, 4.69) is 5.32 Å². The van der Waals surface area contributed by atoms with Crippen LogP contribution in [0.15, 0.2) is 24.3 Å². The Hall–Kier alpha value is -1.06. The molecule has 1 atom stereocenters. The van der Waals surface area contributed by atoms with Crippen molar-refractivity contribution < 1.29 is 9.53 Å². The smallest absolute Gasteiger partial charge is 0.267 e. The first-order chi connectivity index (χ1) is 6.75. The largest absolute Gasteiger partial charge is 0.362 e. The molecule has 2 rings (SSSR count). The normalized spacial score (nSPS) is 21.8. The summed E-state index contributed by atoms with van der Waals surface area (Å²) in [5.74, 6) is -0.185. The molecule has 1 aromatic carbocycles. The number of carbonyl (C=O) groups excluding carboxylic acids is 1. The summed E-state index contributed by atoms with van der Waals surface area (Å²) in [6.45, 7) is 0.480. The molecule has 1 aliphatic rings. The molecule has 0 unspecified atom stereocenters. The zero-order valence-electron chi connectivity index (χ0n) is 7.44. The summed E-state index contributed by atoms with van der Waals surface area (Å²) >= 11 is 5.76. The minimum absolute atomic E-state index is 0.0767. The predicted molar refractivity (Wildman–Crippen MR) is 52.2 cm³/mol. The van der Waals surface area contributed by atoms with Gasteiger partial charge < -0.3 is 4.74 Å². The van der Waals surface area contributed by atoms with E-state index in [-0.39, 0.29) is 18.6 Å². The average molecular weight is 211 g/mol. The molecule has 4 heteroatoms. The molecule has 0 aliphatic carbocycles. The SMILES string of the molecule is O=C1CO[C@@H](c2ccc(Cl)cc2)C[N]1. The predicted octanol–water partition coefficient (Wildman–Crippen LogP) is 1.54. The van der Waals surface area contributed by atoms with Gasteiger partial charge in [-0.3, -0.25) is 4.79 Å². The minimum atomic E-state index is -0.185. The molecule has 1 aliphatic heterocycles. The Labute approximate surface area is 87.0 Å². The van der Waals surface area contributed by atoms with E-state index in [9.17, 15) is 4.79 Å². The van der Waals surface area contributed by atoms with Gasteiger partial charge in [-0.25, -0.2) is 5.32 Å². The molecule has 0 N–H and O–H groups in total. The highest BCUT2D eigenvalue weighted by atomic mass is 35.5. The summed E-state index contributed by atoms with van der Waals surface area (Å²) < 4.78 is 5.33. The number of halogens is 1. The molecule has 0 saturated carbocycles. The van der Waals surface area contributed by atoms with Gasteiger partial charge in [-0.05, 0) is 17.7 Å². The van der Waals surface area contributed by atoms with Gasteiger partial charge in [-0.2, -0.15) is 0 Å². The van der Waals surface area contributed by atoms with Crippen LogP contribution in [0.4, 0.5) is 0 Å². The lowest BCUT2D eigenvalue weighted by molar-refractivity contribution is -0.133. The van der Waals surface area contributed by atoms with E-state index in [4.69, 9.17) is 16.3 Å². The number of rotatable bonds is 1. The van der Waals surface area contributed by atoms with E-state index in [1.54, 1.807) is 12.1 Å². The van der Waals surface area contributed by atoms with Crippen molar-refractivity contribution in [3.63, 3.8) is 0 Å². The van der Waals surface area contributed by atoms with E-state index in [0.717, 1.165) is 5.56 Å². The Bertz CT molecular complexity index is 326. The maximum atomic E-state index is 10.8. The van der Waals surface area contributed by atoms with Crippen molar-refractivity contribution in [2.24, 2.45) is 0 Å². The third-order valence-corrected chi connectivity index (χ3v) is 2.34. The number of ether oxygens (including phenoxy) is 1. The number of amides is 1. The van der Waals surface area contributed by atoms with Gasteiger partial charge in [-0.1, -0.05) is 23.7 Å². The lowest BCUT2D eigenvalue weighted by Crippen LogP contribution is -2.33. The van der Waals surface area contributed by atoms with E-state index in [1.807, 2.05) is 12.1 Å². The molecule has 0 bridgehead atoms. The molecule has 1 amide bonds. The Kier molecular flexibility index (Phi) is 2.70. The van der Waals surface area contributed by atoms with E-state index in [1.165, 1.54) is 0 Å². The van der Waals surface area contributed by atoms with Crippen molar-refractivity contribution in [3.8, 4) is 0 Å². The fourth-order valence-corrected chi connectivity index (χ4v) is 1.46. The molecular formula is C10H9ClNO2. The first-order valence-corrected chi connectivity index (χ1v) is 4.71. The third-order valence-electron chi connectivity index (χ3n) is 2.08. The number of benzene rings is 1. The third kappa shape index (κ3) is 2.05. The van der Waals surface area contributed by atoms with Gasteiger partial charge in [0.05, 0.1) is 6.54 Å². The highest BCUT2D eigenvalue weighted by molar-refractivity contribution is 6.30. The topological polar surface area (TPSA) is 40.4 Å². The van der Waals surface area contributed by atoms with Gasteiger partial charge >= 0.3 is 0 Å². The van der Waals surface area contributed by atoms with Crippen LogP contribution in [0.3, 0.4) is 0 Å². The lowest BCUT2D eigenvalue weighted by atomic mass is 10.1. The number of hydrogen-bond acceptors (Lipinski definition) is 2. The molecule has 3 nitrogen and oxygen atoms in total. The fraction of sp³-hybridized carbons (Fsp3) is 0.300. The number of nitrogens with zero attached hydrogens (tertiary/aromatic N) is 1. The van der Waals surface area contributed by atoms with Gasteiger partial charge in [0.2, 0.25) is 0 Å². The van der Waals surface area contributed by atoms with Gasteiger partial charge in [0, 0.05) is 5.02 Å². The van der Waals surface area contributed by atoms with Crippen molar-refractivity contribution in [1.82, 2.24) is 5.32 Å². The van der Waals surface area contributed by atoms with Crippen molar-refractivity contribution in [2.75, 3.05) is 13.2 Å². The molecule has 1 saturated heterocycles. The van der Waals surface area contributed by atoms with Crippen LogP contribution in [0.1, 0.15) is 11.7 Å².